The molecule has 0 saturated heterocycles. The first kappa shape index (κ1) is 12.5. The SMILES string of the molecule is COCCC(=O)Nc1cc(Cl)ccc1Br. The molecule has 1 N–H and O–H groups in total. The minimum atomic E-state index is -0.0974. The van der Waals surface area contributed by atoms with Gasteiger partial charge in [-0.3, -0.25) is 4.79 Å². The number of carbonyl (C=O) groups is 1. The number of carbonyl (C=O) groups excluding carboxylic acids is 1. The van der Waals surface area contributed by atoms with E-state index in [1.165, 1.54) is 0 Å². The van der Waals surface area contributed by atoms with Crippen LogP contribution in [-0.4, -0.2) is 19.6 Å². The molecule has 0 aliphatic carbocycles. The molecule has 1 aromatic carbocycles. The molecule has 5 heteroatoms. The molecular weight excluding hydrogens is 281 g/mol. The molecule has 3 nitrogen and oxygen atoms in total. The molecule has 1 rings (SSSR count). The van der Waals surface area contributed by atoms with Crippen LogP contribution in [0.1, 0.15) is 6.42 Å². The van der Waals surface area contributed by atoms with Crippen molar-refractivity contribution in [3.63, 3.8) is 0 Å². The minimum Gasteiger partial charge on any atom is -0.384 e. The van der Waals surface area contributed by atoms with Crippen molar-refractivity contribution in [2.24, 2.45) is 0 Å². The molecule has 15 heavy (non-hydrogen) atoms. The first-order valence-corrected chi connectivity index (χ1v) is 5.54. The number of hydrogen-bond donors (Lipinski definition) is 1. The smallest absolute Gasteiger partial charge is 0.226 e. The number of halogens is 2. The highest BCUT2D eigenvalue weighted by Crippen LogP contribution is 2.25. The van der Waals surface area contributed by atoms with E-state index in [9.17, 15) is 4.79 Å². The molecule has 0 spiro atoms. The van der Waals surface area contributed by atoms with Gasteiger partial charge in [-0.25, -0.2) is 0 Å². The molecule has 0 saturated carbocycles. The van der Waals surface area contributed by atoms with E-state index < -0.39 is 0 Å². The number of anilines is 1. The molecule has 0 unspecified atom stereocenters. The van der Waals surface area contributed by atoms with Gasteiger partial charge in [0, 0.05) is 16.6 Å². The number of ether oxygens (including phenoxy) is 1. The molecule has 0 atom stereocenters. The van der Waals surface area contributed by atoms with Crippen LogP contribution in [0.5, 0.6) is 0 Å². The number of nitrogens with one attached hydrogen (secondary N) is 1. The van der Waals surface area contributed by atoms with Gasteiger partial charge in [-0.2, -0.15) is 0 Å². The lowest BCUT2D eigenvalue weighted by Gasteiger charge is -2.07. The highest BCUT2D eigenvalue weighted by atomic mass is 79.9. The minimum absolute atomic E-state index is 0.0974. The Hall–Kier alpha value is -0.580. The van der Waals surface area contributed by atoms with Gasteiger partial charge in [0.05, 0.1) is 18.7 Å². The Labute approximate surface area is 102 Å². The maximum absolute atomic E-state index is 11.4. The third kappa shape index (κ3) is 4.20. The maximum Gasteiger partial charge on any atom is 0.226 e. The zero-order chi connectivity index (χ0) is 11.3. The normalized spacial score (nSPS) is 10.1. The Bertz CT molecular complexity index is 357. The summed E-state index contributed by atoms with van der Waals surface area (Å²) in [6.07, 6.45) is 0.329. The van der Waals surface area contributed by atoms with Crippen molar-refractivity contribution >= 4 is 39.1 Å². The van der Waals surface area contributed by atoms with Crippen molar-refractivity contribution in [3.8, 4) is 0 Å². The lowest BCUT2D eigenvalue weighted by molar-refractivity contribution is -0.117. The van der Waals surface area contributed by atoms with Crippen molar-refractivity contribution in [1.82, 2.24) is 0 Å². The summed E-state index contributed by atoms with van der Waals surface area (Å²) in [6, 6.07) is 5.22. The van der Waals surface area contributed by atoms with Gasteiger partial charge in [-0.1, -0.05) is 11.6 Å². The average Bonchev–Trinajstić information content (AvgIpc) is 2.20. The maximum atomic E-state index is 11.4. The number of rotatable bonds is 4. The van der Waals surface area contributed by atoms with E-state index in [0.29, 0.717) is 23.7 Å². The van der Waals surface area contributed by atoms with Gasteiger partial charge in [0.15, 0.2) is 0 Å². The van der Waals surface area contributed by atoms with Crippen LogP contribution in [0.4, 0.5) is 5.69 Å². The van der Waals surface area contributed by atoms with Crippen LogP contribution in [0.3, 0.4) is 0 Å². The quantitative estimate of drug-likeness (QED) is 0.926. The summed E-state index contributed by atoms with van der Waals surface area (Å²) < 4.78 is 5.61. The second-order valence-electron chi connectivity index (χ2n) is 2.92. The number of benzene rings is 1. The van der Waals surface area contributed by atoms with Crippen LogP contribution in [0.2, 0.25) is 5.02 Å². The lowest BCUT2D eigenvalue weighted by Crippen LogP contribution is -2.13. The highest BCUT2D eigenvalue weighted by molar-refractivity contribution is 9.10. The van der Waals surface area contributed by atoms with Gasteiger partial charge in [0.25, 0.3) is 0 Å². The summed E-state index contributed by atoms with van der Waals surface area (Å²) >= 11 is 9.13. The number of amides is 1. The van der Waals surface area contributed by atoms with Gasteiger partial charge in [0.1, 0.15) is 0 Å². The lowest BCUT2D eigenvalue weighted by atomic mass is 10.3. The molecule has 0 aliphatic heterocycles. The molecule has 0 radical (unpaired) electrons. The third-order valence-electron chi connectivity index (χ3n) is 1.74. The van der Waals surface area contributed by atoms with E-state index in [0.717, 1.165) is 4.47 Å². The van der Waals surface area contributed by atoms with Crippen LogP contribution in [0.15, 0.2) is 22.7 Å². The van der Waals surface area contributed by atoms with Crippen molar-refractivity contribution < 1.29 is 9.53 Å². The molecule has 0 bridgehead atoms. The fraction of sp³-hybridized carbons (Fsp3) is 0.300. The van der Waals surface area contributed by atoms with E-state index in [4.69, 9.17) is 16.3 Å². The zero-order valence-corrected chi connectivity index (χ0v) is 10.6. The van der Waals surface area contributed by atoms with Crippen molar-refractivity contribution in [1.29, 1.82) is 0 Å². The van der Waals surface area contributed by atoms with E-state index in [1.54, 1.807) is 25.3 Å². The van der Waals surface area contributed by atoms with Gasteiger partial charge in [-0.15, -0.1) is 0 Å². The summed E-state index contributed by atoms with van der Waals surface area (Å²) in [5.74, 6) is -0.0974. The van der Waals surface area contributed by atoms with Gasteiger partial charge < -0.3 is 10.1 Å². The van der Waals surface area contributed by atoms with E-state index in [1.807, 2.05) is 0 Å². The van der Waals surface area contributed by atoms with Crippen molar-refractivity contribution in [2.75, 3.05) is 19.0 Å². The Morgan fingerprint density at radius 2 is 2.33 bits per heavy atom. The van der Waals surface area contributed by atoms with E-state index in [-0.39, 0.29) is 5.91 Å². The van der Waals surface area contributed by atoms with Gasteiger partial charge in [-0.05, 0) is 34.1 Å². The Morgan fingerprint density at radius 3 is 3.00 bits per heavy atom. The second-order valence-corrected chi connectivity index (χ2v) is 4.21. The van der Waals surface area contributed by atoms with Crippen LogP contribution >= 0.6 is 27.5 Å². The van der Waals surface area contributed by atoms with Crippen LogP contribution < -0.4 is 5.32 Å². The fourth-order valence-electron chi connectivity index (χ4n) is 1.00. The topological polar surface area (TPSA) is 38.3 Å². The summed E-state index contributed by atoms with van der Waals surface area (Å²) in [5.41, 5.74) is 0.670. The number of hydrogen-bond acceptors (Lipinski definition) is 2. The summed E-state index contributed by atoms with van der Waals surface area (Å²) in [7, 11) is 1.56. The van der Waals surface area contributed by atoms with Crippen LogP contribution in [0.25, 0.3) is 0 Å². The molecule has 0 fully saturated rings. The van der Waals surface area contributed by atoms with Gasteiger partial charge >= 0.3 is 0 Å². The highest BCUT2D eigenvalue weighted by Gasteiger charge is 2.05. The molecule has 1 amide bonds. The van der Waals surface area contributed by atoms with Crippen molar-refractivity contribution in [3.05, 3.63) is 27.7 Å². The van der Waals surface area contributed by atoms with Crippen LogP contribution in [-0.2, 0) is 9.53 Å². The summed E-state index contributed by atoms with van der Waals surface area (Å²) in [6.45, 7) is 0.407. The standard InChI is InChI=1S/C10H11BrClNO2/c1-15-5-4-10(14)13-9-6-7(12)2-3-8(9)11/h2-3,6H,4-5H2,1H3,(H,13,14). The first-order valence-electron chi connectivity index (χ1n) is 4.37. The molecule has 0 aromatic heterocycles. The zero-order valence-electron chi connectivity index (χ0n) is 8.22. The predicted octanol–water partition coefficient (Wildman–Crippen LogP) is 3.08. The van der Waals surface area contributed by atoms with Gasteiger partial charge in [0.2, 0.25) is 5.91 Å². The third-order valence-corrected chi connectivity index (χ3v) is 2.66. The van der Waals surface area contributed by atoms with E-state index in [2.05, 4.69) is 21.2 Å². The Kier molecular flexibility index (Phi) is 5.08. The Balaban J connectivity index is 2.63. The van der Waals surface area contributed by atoms with Crippen LogP contribution in [0, 0.1) is 0 Å². The number of methoxy groups -OCH3 is 1. The molecule has 0 aliphatic rings. The summed E-state index contributed by atoms with van der Waals surface area (Å²) in [4.78, 5) is 11.4. The second kappa shape index (κ2) is 6.10. The predicted molar refractivity (Wildman–Crippen MR) is 64.3 cm³/mol. The molecule has 0 heterocycles. The fourth-order valence-corrected chi connectivity index (χ4v) is 1.52. The van der Waals surface area contributed by atoms with Crippen molar-refractivity contribution in [2.45, 2.75) is 6.42 Å². The van der Waals surface area contributed by atoms with E-state index >= 15 is 0 Å². The first-order chi connectivity index (χ1) is 7.13. The molecule has 82 valence electrons. The average molecular weight is 293 g/mol. The Morgan fingerprint density at radius 1 is 1.60 bits per heavy atom. The largest absolute Gasteiger partial charge is 0.384 e. The monoisotopic (exact) mass is 291 g/mol. The molecule has 1 aromatic rings. The summed E-state index contributed by atoms with van der Waals surface area (Å²) in [5, 5.41) is 3.32. The molecular formula is C10H11BrClNO2.